The summed E-state index contributed by atoms with van der Waals surface area (Å²) in [5.41, 5.74) is 5.21. The molecule has 0 unspecified atom stereocenters. The van der Waals surface area contributed by atoms with E-state index in [-0.39, 0.29) is 5.91 Å². The molecule has 0 aliphatic rings. The van der Waals surface area contributed by atoms with Gasteiger partial charge in [-0.3, -0.25) is 9.78 Å². The molecule has 0 atom stereocenters. The van der Waals surface area contributed by atoms with Gasteiger partial charge in [0.15, 0.2) is 0 Å². The highest BCUT2D eigenvalue weighted by atomic mass is 16.1. The van der Waals surface area contributed by atoms with E-state index in [2.05, 4.69) is 39.4 Å². The molecule has 6 nitrogen and oxygen atoms in total. The monoisotopic (exact) mass is 375 g/mol. The minimum absolute atomic E-state index is 0.231. The zero-order chi connectivity index (χ0) is 19.9. The van der Waals surface area contributed by atoms with Crippen LogP contribution in [0.25, 0.3) is 0 Å². The van der Waals surface area contributed by atoms with Gasteiger partial charge in [0.1, 0.15) is 5.69 Å². The molecule has 0 fully saturated rings. The van der Waals surface area contributed by atoms with Gasteiger partial charge >= 0.3 is 0 Å². The summed E-state index contributed by atoms with van der Waals surface area (Å²) in [5.74, 6) is 0.194. The maximum absolute atomic E-state index is 12.9. The molecule has 1 amide bonds. The van der Waals surface area contributed by atoms with Gasteiger partial charge in [-0.25, -0.2) is 9.97 Å². The van der Waals surface area contributed by atoms with Crippen molar-refractivity contribution in [2.75, 3.05) is 10.6 Å². The Morgan fingerprint density at radius 1 is 1.04 bits per heavy atom. The number of amides is 1. The van der Waals surface area contributed by atoms with E-state index in [9.17, 15) is 4.79 Å². The third-order valence-electron chi connectivity index (χ3n) is 4.50. The highest BCUT2D eigenvalue weighted by Gasteiger charge is 2.14. The number of anilines is 2. The molecule has 0 bridgehead atoms. The second-order valence-electron chi connectivity index (χ2n) is 6.55. The number of nitrogens with zero attached hydrogens (tertiary/aromatic N) is 3. The maximum Gasteiger partial charge on any atom is 0.274 e. The van der Waals surface area contributed by atoms with Gasteiger partial charge in [-0.1, -0.05) is 38.1 Å². The predicted octanol–water partition coefficient (Wildman–Crippen LogP) is 4.17. The predicted molar refractivity (Wildman–Crippen MR) is 111 cm³/mol. The highest BCUT2D eigenvalue weighted by Crippen LogP contribution is 2.23. The number of benzene rings is 1. The largest absolute Gasteiger partial charge is 0.350 e. The SMILES string of the molecule is CCc1cccc(CC)c1NC(=O)c1cc(C)nc(NCc2cccnc2)n1. The Kier molecular flexibility index (Phi) is 6.32. The van der Waals surface area contributed by atoms with Crippen molar-refractivity contribution >= 4 is 17.5 Å². The Labute approximate surface area is 165 Å². The molecule has 0 aliphatic heterocycles. The number of aromatic nitrogens is 3. The quantitative estimate of drug-likeness (QED) is 0.648. The smallest absolute Gasteiger partial charge is 0.274 e. The maximum atomic E-state index is 12.9. The number of para-hydroxylation sites is 1. The molecule has 0 saturated carbocycles. The van der Waals surface area contributed by atoms with Gasteiger partial charge in [-0.05, 0) is 48.6 Å². The molecule has 2 heterocycles. The molecule has 0 radical (unpaired) electrons. The van der Waals surface area contributed by atoms with Crippen LogP contribution in [0.1, 0.15) is 46.7 Å². The van der Waals surface area contributed by atoms with Gasteiger partial charge in [0, 0.05) is 30.3 Å². The first-order valence-electron chi connectivity index (χ1n) is 9.51. The van der Waals surface area contributed by atoms with E-state index < -0.39 is 0 Å². The van der Waals surface area contributed by atoms with Gasteiger partial charge in [0.2, 0.25) is 5.95 Å². The standard InChI is InChI=1S/C22H25N5O/c1-4-17-9-6-10-18(5-2)20(17)27-21(28)19-12-15(3)25-22(26-19)24-14-16-8-7-11-23-13-16/h6-13H,4-5,14H2,1-3H3,(H,27,28)(H,24,25,26). The highest BCUT2D eigenvalue weighted by molar-refractivity contribution is 6.04. The lowest BCUT2D eigenvalue weighted by atomic mass is 10.0. The van der Waals surface area contributed by atoms with Crippen molar-refractivity contribution in [2.45, 2.75) is 40.2 Å². The average Bonchev–Trinajstić information content (AvgIpc) is 2.72. The third-order valence-corrected chi connectivity index (χ3v) is 4.50. The minimum Gasteiger partial charge on any atom is -0.350 e. The zero-order valence-electron chi connectivity index (χ0n) is 16.5. The molecule has 3 rings (SSSR count). The second-order valence-corrected chi connectivity index (χ2v) is 6.55. The molecule has 0 aliphatic carbocycles. The van der Waals surface area contributed by atoms with Gasteiger partial charge in [0.25, 0.3) is 5.91 Å². The first kappa shape index (κ1) is 19.5. The van der Waals surface area contributed by atoms with E-state index in [0.29, 0.717) is 18.2 Å². The fraction of sp³-hybridized carbons (Fsp3) is 0.273. The molecular formula is C22H25N5O. The van der Waals surface area contributed by atoms with Gasteiger partial charge in [0.05, 0.1) is 0 Å². The summed E-state index contributed by atoms with van der Waals surface area (Å²) in [6.45, 7) is 6.56. The summed E-state index contributed by atoms with van der Waals surface area (Å²) < 4.78 is 0. The summed E-state index contributed by atoms with van der Waals surface area (Å²) in [6.07, 6.45) is 5.21. The lowest BCUT2D eigenvalue weighted by Gasteiger charge is -2.14. The number of hydrogen-bond acceptors (Lipinski definition) is 5. The van der Waals surface area contributed by atoms with Crippen molar-refractivity contribution in [1.82, 2.24) is 15.0 Å². The Balaban J connectivity index is 1.80. The summed E-state index contributed by atoms with van der Waals surface area (Å²) in [4.78, 5) is 25.8. The number of carbonyl (C=O) groups is 1. The van der Waals surface area contributed by atoms with E-state index >= 15 is 0 Å². The van der Waals surface area contributed by atoms with Crippen molar-refractivity contribution in [1.29, 1.82) is 0 Å². The lowest BCUT2D eigenvalue weighted by molar-refractivity contribution is 0.102. The summed E-state index contributed by atoms with van der Waals surface area (Å²) in [6, 6.07) is 11.7. The molecule has 0 saturated heterocycles. The van der Waals surface area contributed by atoms with Crippen molar-refractivity contribution in [3.8, 4) is 0 Å². The molecule has 0 spiro atoms. The molecule has 28 heavy (non-hydrogen) atoms. The molecule has 2 N–H and O–H groups in total. The van der Waals surface area contributed by atoms with Crippen LogP contribution in [-0.2, 0) is 19.4 Å². The van der Waals surface area contributed by atoms with Crippen LogP contribution in [0.2, 0.25) is 0 Å². The van der Waals surface area contributed by atoms with Gasteiger partial charge < -0.3 is 10.6 Å². The lowest BCUT2D eigenvalue weighted by Crippen LogP contribution is -2.18. The van der Waals surface area contributed by atoms with Crippen LogP contribution in [0.4, 0.5) is 11.6 Å². The zero-order valence-corrected chi connectivity index (χ0v) is 16.5. The van der Waals surface area contributed by atoms with E-state index in [1.807, 2.05) is 37.3 Å². The Morgan fingerprint density at radius 2 is 1.79 bits per heavy atom. The van der Waals surface area contributed by atoms with Gasteiger partial charge in [-0.15, -0.1) is 0 Å². The van der Waals surface area contributed by atoms with E-state index in [1.165, 1.54) is 0 Å². The molecule has 144 valence electrons. The van der Waals surface area contributed by atoms with Crippen LogP contribution in [0.3, 0.4) is 0 Å². The summed E-state index contributed by atoms with van der Waals surface area (Å²) in [7, 11) is 0. The Hall–Kier alpha value is -3.28. The van der Waals surface area contributed by atoms with E-state index in [1.54, 1.807) is 18.5 Å². The van der Waals surface area contributed by atoms with Crippen molar-refractivity contribution in [2.24, 2.45) is 0 Å². The van der Waals surface area contributed by atoms with Crippen LogP contribution in [-0.4, -0.2) is 20.9 Å². The van der Waals surface area contributed by atoms with E-state index in [4.69, 9.17) is 0 Å². The third kappa shape index (κ3) is 4.71. The average molecular weight is 375 g/mol. The molecule has 6 heteroatoms. The van der Waals surface area contributed by atoms with Crippen LogP contribution in [0.15, 0.2) is 48.8 Å². The van der Waals surface area contributed by atoms with Crippen molar-refractivity contribution < 1.29 is 4.79 Å². The van der Waals surface area contributed by atoms with Crippen LogP contribution >= 0.6 is 0 Å². The van der Waals surface area contributed by atoms with Crippen molar-refractivity contribution in [3.63, 3.8) is 0 Å². The number of carbonyl (C=O) groups excluding carboxylic acids is 1. The summed E-state index contributed by atoms with van der Waals surface area (Å²) >= 11 is 0. The van der Waals surface area contributed by atoms with Gasteiger partial charge in [-0.2, -0.15) is 0 Å². The van der Waals surface area contributed by atoms with Crippen molar-refractivity contribution in [3.05, 3.63) is 76.9 Å². The number of pyridine rings is 1. The Bertz CT molecular complexity index is 934. The molecule has 1 aromatic carbocycles. The van der Waals surface area contributed by atoms with Crippen LogP contribution in [0.5, 0.6) is 0 Å². The molecule has 2 aromatic heterocycles. The first-order valence-corrected chi connectivity index (χ1v) is 9.51. The topological polar surface area (TPSA) is 79.8 Å². The number of rotatable bonds is 7. The normalized spacial score (nSPS) is 10.5. The summed E-state index contributed by atoms with van der Waals surface area (Å²) in [5, 5.41) is 6.22. The fourth-order valence-corrected chi connectivity index (χ4v) is 3.03. The minimum atomic E-state index is -0.231. The molecular weight excluding hydrogens is 350 g/mol. The first-order chi connectivity index (χ1) is 13.6. The molecule has 3 aromatic rings. The van der Waals surface area contributed by atoms with E-state index in [0.717, 1.165) is 40.9 Å². The number of nitrogens with one attached hydrogen (secondary N) is 2. The second kappa shape index (κ2) is 9.08. The number of hydrogen-bond donors (Lipinski definition) is 2. The number of aryl methyl sites for hydroxylation is 3. The fourth-order valence-electron chi connectivity index (χ4n) is 3.03. The van der Waals surface area contributed by atoms with Crippen LogP contribution < -0.4 is 10.6 Å². The Morgan fingerprint density at radius 3 is 2.43 bits per heavy atom. The van der Waals surface area contributed by atoms with Crippen LogP contribution in [0, 0.1) is 6.92 Å².